The molecule has 2 aliphatic rings. The van der Waals surface area contributed by atoms with E-state index in [1.165, 1.54) is 11.4 Å². The van der Waals surface area contributed by atoms with Crippen molar-refractivity contribution in [2.24, 2.45) is 5.92 Å². The minimum absolute atomic E-state index is 0.393. The summed E-state index contributed by atoms with van der Waals surface area (Å²) in [5.74, 6) is -0.892. The van der Waals surface area contributed by atoms with Gasteiger partial charge in [0, 0.05) is 13.1 Å². The molecule has 0 aromatic carbocycles. The van der Waals surface area contributed by atoms with E-state index in [1.807, 2.05) is 6.92 Å². The Kier molecular flexibility index (Phi) is 4.30. The number of nitrogens with zero attached hydrogens (tertiary/aromatic N) is 1. The molecular formula is C13H21NO4S. The maximum atomic E-state index is 12.7. The topological polar surface area (TPSA) is 63.7 Å². The lowest BCUT2D eigenvalue weighted by Crippen LogP contribution is -2.44. The van der Waals surface area contributed by atoms with Gasteiger partial charge in [0.25, 0.3) is 0 Å². The van der Waals surface area contributed by atoms with Gasteiger partial charge in [-0.2, -0.15) is 4.31 Å². The van der Waals surface area contributed by atoms with Crippen molar-refractivity contribution < 1.29 is 17.9 Å². The Labute approximate surface area is 114 Å². The van der Waals surface area contributed by atoms with Crippen LogP contribution >= 0.6 is 0 Å². The third-order valence-corrected chi connectivity index (χ3v) is 6.36. The van der Waals surface area contributed by atoms with E-state index in [0.717, 1.165) is 18.4 Å². The lowest BCUT2D eigenvalue weighted by atomic mass is 10.1. The smallest absolute Gasteiger partial charge is 0.310 e. The molecule has 2 unspecified atom stereocenters. The Balaban J connectivity index is 2.19. The van der Waals surface area contributed by atoms with Gasteiger partial charge >= 0.3 is 5.97 Å². The number of hydrogen-bond donors (Lipinski definition) is 0. The summed E-state index contributed by atoms with van der Waals surface area (Å²) in [4.78, 5) is 11.7. The molecule has 0 aromatic rings. The molecule has 0 N–H and O–H groups in total. The van der Waals surface area contributed by atoms with Crippen molar-refractivity contribution in [2.75, 3.05) is 20.2 Å². The van der Waals surface area contributed by atoms with Crippen LogP contribution in [0.5, 0.6) is 0 Å². The molecule has 2 rings (SSSR count). The van der Waals surface area contributed by atoms with Crippen LogP contribution in [0.2, 0.25) is 0 Å². The minimum Gasteiger partial charge on any atom is -0.469 e. The molecule has 0 radical (unpaired) electrons. The van der Waals surface area contributed by atoms with Gasteiger partial charge in [-0.1, -0.05) is 18.1 Å². The standard InChI is InChI=1S/C13H21NO4S/c1-10-5-4-8-14(9-10)19(16,17)12-7-3-6-11(12)13(15)18-2/h5,11-12H,3-4,6-9H2,1-2H3. The first kappa shape index (κ1) is 14.5. The summed E-state index contributed by atoms with van der Waals surface area (Å²) in [6, 6.07) is 0. The molecule has 19 heavy (non-hydrogen) atoms. The number of rotatable bonds is 3. The van der Waals surface area contributed by atoms with Gasteiger partial charge in [0.2, 0.25) is 10.0 Å². The highest BCUT2D eigenvalue weighted by Crippen LogP contribution is 2.34. The first-order valence-corrected chi connectivity index (χ1v) is 8.19. The molecule has 6 heteroatoms. The summed E-state index contributed by atoms with van der Waals surface area (Å²) < 4.78 is 31.6. The highest BCUT2D eigenvalue weighted by molar-refractivity contribution is 7.89. The normalized spacial score (nSPS) is 29.1. The largest absolute Gasteiger partial charge is 0.469 e. The van der Waals surface area contributed by atoms with Gasteiger partial charge in [-0.3, -0.25) is 4.79 Å². The van der Waals surface area contributed by atoms with E-state index >= 15 is 0 Å². The molecule has 1 aliphatic heterocycles. The Morgan fingerprint density at radius 1 is 1.42 bits per heavy atom. The number of carbonyl (C=O) groups is 1. The van der Waals surface area contributed by atoms with E-state index in [4.69, 9.17) is 4.74 Å². The summed E-state index contributed by atoms with van der Waals surface area (Å²) >= 11 is 0. The van der Waals surface area contributed by atoms with Crippen LogP contribution in [0.25, 0.3) is 0 Å². The van der Waals surface area contributed by atoms with Gasteiger partial charge in [-0.05, 0) is 26.2 Å². The van der Waals surface area contributed by atoms with Crippen molar-refractivity contribution in [3.8, 4) is 0 Å². The summed E-state index contributed by atoms with van der Waals surface area (Å²) in [6.45, 7) is 2.91. The summed E-state index contributed by atoms with van der Waals surface area (Å²) in [7, 11) is -2.09. The fourth-order valence-corrected chi connectivity index (χ4v) is 5.24. The maximum Gasteiger partial charge on any atom is 0.310 e. The average molecular weight is 287 g/mol. The number of sulfonamides is 1. The van der Waals surface area contributed by atoms with Crippen LogP contribution in [0.3, 0.4) is 0 Å². The van der Waals surface area contributed by atoms with E-state index in [2.05, 4.69) is 6.08 Å². The predicted octanol–water partition coefficient (Wildman–Crippen LogP) is 1.31. The number of esters is 1. The van der Waals surface area contributed by atoms with E-state index in [0.29, 0.717) is 25.9 Å². The van der Waals surface area contributed by atoms with Crippen LogP contribution in [-0.4, -0.2) is 44.1 Å². The second-order valence-electron chi connectivity index (χ2n) is 5.32. The van der Waals surface area contributed by atoms with Crippen LogP contribution in [0.1, 0.15) is 32.6 Å². The predicted molar refractivity (Wildman–Crippen MR) is 72.0 cm³/mol. The number of hydrogen-bond acceptors (Lipinski definition) is 4. The molecule has 0 spiro atoms. The first-order chi connectivity index (χ1) is 8.96. The van der Waals surface area contributed by atoms with Crippen molar-refractivity contribution >= 4 is 16.0 Å². The van der Waals surface area contributed by atoms with Crippen molar-refractivity contribution in [3.05, 3.63) is 11.6 Å². The van der Waals surface area contributed by atoms with E-state index in [9.17, 15) is 13.2 Å². The van der Waals surface area contributed by atoms with Gasteiger partial charge in [-0.15, -0.1) is 0 Å². The fraction of sp³-hybridized carbons (Fsp3) is 0.769. The Morgan fingerprint density at radius 2 is 2.16 bits per heavy atom. The zero-order valence-electron chi connectivity index (χ0n) is 11.5. The zero-order chi connectivity index (χ0) is 14.0. The zero-order valence-corrected chi connectivity index (χ0v) is 12.3. The molecule has 0 aromatic heterocycles. The molecule has 1 aliphatic carbocycles. The third kappa shape index (κ3) is 2.84. The maximum absolute atomic E-state index is 12.7. The monoisotopic (exact) mass is 287 g/mol. The number of methoxy groups -OCH3 is 1. The van der Waals surface area contributed by atoms with Gasteiger partial charge in [0.1, 0.15) is 0 Å². The summed E-state index contributed by atoms with van der Waals surface area (Å²) in [5.41, 5.74) is 1.07. The number of ether oxygens (including phenoxy) is 1. The SMILES string of the molecule is COC(=O)C1CCCC1S(=O)(=O)N1CCC=C(C)C1. The quantitative estimate of drug-likeness (QED) is 0.580. The molecule has 2 atom stereocenters. The highest BCUT2D eigenvalue weighted by atomic mass is 32.2. The number of carbonyl (C=O) groups excluding carboxylic acids is 1. The van der Waals surface area contributed by atoms with E-state index in [1.54, 1.807) is 0 Å². The molecule has 0 amide bonds. The third-order valence-electron chi connectivity index (χ3n) is 4.00. The summed E-state index contributed by atoms with van der Waals surface area (Å²) in [5, 5.41) is -0.606. The van der Waals surface area contributed by atoms with Gasteiger partial charge in [0.15, 0.2) is 0 Å². The lowest BCUT2D eigenvalue weighted by molar-refractivity contribution is -0.145. The second kappa shape index (κ2) is 5.63. The molecule has 5 nitrogen and oxygen atoms in total. The van der Waals surface area contributed by atoms with Crippen molar-refractivity contribution in [3.63, 3.8) is 0 Å². The molecule has 1 fully saturated rings. The fourth-order valence-electron chi connectivity index (χ4n) is 2.99. The molecule has 1 saturated carbocycles. The molecule has 1 heterocycles. The highest BCUT2D eigenvalue weighted by Gasteiger charge is 2.44. The molecule has 108 valence electrons. The Morgan fingerprint density at radius 3 is 2.79 bits per heavy atom. The molecule has 0 bridgehead atoms. The molecular weight excluding hydrogens is 266 g/mol. The Bertz CT molecular complexity index is 483. The van der Waals surface area contributed by atoms with Crippen molar-refractivity contribution in [2.45, 2.75) is 37.9 Å². The average Bonchev–Trinajstić information content (AvgIpc) is 2.87. The van der Waals surface area contributed by atoms with Crippen LogP contribution in [-0.2, 0) is 19.6 Å². The van der Waals surface area contributed by atoms with Gasteiger partial charge in [0.05, 0.1) is 18.3 Å². The lowest BCUT2D eigenvalue weighted by Gasteiger charge is -2.30. The second-order valence-corrected chi connectivity index (χ2v) is 7.47. The Hall–Kier alpha value is -0.880. The van der Waals surface area contributed by atoms with Crippen molar-refractivity contribution in [1.82, 2.24) is 4.31 Å². The van der Waals surface area contributed by atoms with E-state index < -0.39 is 27.2 Å². The van der Waals surface area contributed by atoms with Gasteiger partial charge in [-0.25, -0.2) is 8.42 Å². The van der Waals surface area contributed by atoms with Crippen LogP contribution in [0.4, 0.5) is 0 Å². The van der Waals surface area contributed by atoms with Gasteiger partial charge < -0.3 is 4.74 Å². The van der Waals surface area contributed by atoms with Crippen LogP contribution < -0.4 is 0 Å². The van der Waals surface area contributed by atoms with Crippen LogP contribution in [0, 0.1) is 5.92 Å². The van der Waals surface area contributed by atoms with Crippen molar-refractivity contribution in [1.29, 1.82) is 0 Å². The van der Waals surface area contributed by atoms with Crippen LogP contribution in [0.15, 0.2) is 11.6 Å². The minimum atomic E-state index is -3.41. The van der Waals surface area contributed by atoms with E-state index in [-0.39, 0.29) is 0 Å². The summed E-state index contributed by atoms with van der Waals surface area (Å²) in [6.07, 6.45) is 4.76. The molecule has 0 saturated heterocycles. The first-order valence-electron chi connectivity index (χ1n) is 6.69.